The van der Waals surface area contributed by atoms with Gasteiger partial charge in [-0.15, -0.1) is 6.42 Å². The van der Waals surface area contributed by atoms with Crippen molar-refractivity contribution in [2.75, 3.05) is 19.6 Å². The molecule has 2 aliphatic rings. The number of carboxylic acid groups (broad SMARTS) is 2. The molecule has 1 atom stereocenters. The van der Waals surface area contributed by atoms with E-state index >= 15 is 0 Å². The number of carbonyl (C=O) groups is 3. The summed E-state index contributed by atoms with van der Waals surface area (Å²) in [4.78, 5) is 36.9. The molecule has 8 nitrogen and oxygen atoms in total. The zero-order valence-electron chi connectivity index (χ0n) is 19.8. The number of carbonyl (C=O) groups excluding carboxylic acids is 1. The number of hydrogen-bond donors (Lipinski definition) is 3. The van der Waals surface area contributed by atoms with Crippen LogP contribution in [0.5, 0.6) is 0 Å². The Morgan fingerprint density at radius 1 is 1.15 bits per heavy atom. The van der Waals surface area contributed by atoms with Crippen LogP contribution in [0.3, 0.4) is 0 Å². The van der Waals surface area contributed by atoms with E-state index in [1.54, 1.807) is 4.90 Å². The number of amidine groups is 1. The topological polar surface area (TPSA) is 119 Å². The van der Waals surface area contributed by atoms with Crippen LogP contribution in [0.4, 0.5) is 31.1 Å². The third kappa shape index (κ3) is 10.1. The van der Waals surface area contributed by atoms with Crippen LogP contribution in [-0.2, 0) is 28.5 Å². The zero-order chi connectivity index (χ0) is 29.4. The van der Waals surface area contributed by atoms with Crippen LogP contribution in [0, 0.1) is 18.3 Å². The van der Waals surface area contributed by atoms with Gasteiger partial charge in [-0.2, -0.15) is 31.3 Å². The molecule has 1 unspecified atom stereocenters. The number of rotatable bonds is 6. The molecule has 3 N–H and O–H groups in total. The van der Waals surface area contributed by atoms with E-state index in [2.05, 4.69) is 16.2 Å². The van der Waals surface area contributed by atoms with Gasteiger partial charge in [-0.05, 0) is 48.3 Å². The number of halogens is 6. The third-order valence-electron chi connectivity index (χ3n) is 5.19. The van der Waals surface area contributed by atoms with Crippen molar-refractivity contribution in [3.63, 3.8) is 0 Å². The number of benzene rings is 1. The molecule has 1 amide bonds. The quantitative estimate of drug-likeness (QED) is 0.255. The van der Waals surface area contributed by atoms with Gasteiger partial charge < -0.3 is 15.5 Å². The number of aliphatic carboxylic acids is 2. The van der Waals surface area contributed by atoms with Crippen molar-refractivity contribution >= 4 is 34.8 Å². The predicted octanol–water partition coefficient (Wildman–Crippen LogP) is 4.63. The first-order valence-corrected chi connectivity index (χ1v) is 11.8. The summed E-state index contributed by atoms with van der Waals surface area (Å²) < 4.78 is 78.6. The van der Waals surface area contributed by atoms with Crippen molar-refractivity contribution in [2.45, 2.75) is 25.3 Å². The summed E-state index contributed by atoms with van der Waals surface area (Å²) in [6.07, 6.45) is -0.989. The molecule has 210 valence electrons. The van der Waals surface area contributed by atoms with Crippen LogP contribution >= 0.6 is 11.8 Å². The molecule has 39 heavy (non-hydrogen) atoms. The Bertz CT molecular complexity index is 1220. The molecule has 15 heteroatoms. The molecule has 0 aromatic heterocycles. The first-order valence-electron chi connectivity index (χ1n) is 10.9. The molecule has 1 aromatic rings. The van der Waals surface area contributed by atoms with Gasteiger partial charge in [0.2, 0.25) is 0 Å². The summed E-state index contributed by atoms with van der Waals surface area (Å²) in [5.74, 6) is 0.187. The predicted molar refractivity (Wildman–Crippen MR) is 130 cm³/mol. The fourth-order valence-electron chi connectivity index (χ4n) is 3.58. The van der Waals surface area contributed by atoms with Gasteiger partial charge >= 0.3 is 29.5 Å². The average molecular weight is 578 g/mol. The lowest BCUT2D eigenvalue weighted by Crippen LogP contribution is -2.24. The number of amides is 1. The largest absolute Gasteiger partial charge is 0.478 e. The lowest BCUT2D eigenvalue weighted by atomic mass is 10.0. The number of nitrogens with one attached hydrogen (secondary N) is 1. The van der Waals surface area contributed by atoms with Crippen molar-refractivity contribution < 1.29 is 50.9 Å². The van der Waals surface area contributed by atoms with E-state index in [0.29, 0.717) is 48.5 Å². The molecule has 1 aromatic carbocycles. The molecule has 3 rings (SSSR count). The summed E-state index contributed by atoms with van der Waals surface area (Å²) in [6.45, 7) is 0.929. The molecule has 0 radical (unpaired) electrons. The van der Waals surface area contributed by atoms with E-state index in [9.17, 15) is 40.7 Å². The molecule has 1 saturated heterocycles. The van der Waals surface area contributed by atoms with Gasteiger partial charge in [-0.25, -0.2) is 9.59 Å². The van der Waals surface area contributed by atoms with Crippen molar-refractivity contribution in [2.24, 2.45) is 10.9 Å². The molecule has 0 aliphatic carbocycles. The maximum atomic E-state index is 13.4. The first kappa shape index (κ1) is 31.4. The number of nitrogens with zero attached hydrogens (tertiary/aromatic N) is 2. The smallest absolute Gasteiger partial charge is 0.416 e. The summed E-state index contributed by atoms with van der Waals surface area (Å²) >= 11 is 0.939. The van der Waals surface area contributed by atoms with E-state index in [1.165, 1.54) is 0 Å². The standard InChI is InChI=1S/C20H17F6N3OS.C4H4O4/c1-2-6-27-17-16(31-18(30)28-17)8-12-5-7-29(10-12)11-13-3-4-14(19(21,22)23)9-15(13)20(24,25)26;5-3(6)1-2-4(7)8/h1,3-4,8-9,12H,5-7,10-11H2,(H,27,28,30);1-2H,(H,5,6)(H,7,8)/b16-8-;2-1-. The van der Waals surface area contributed by atoms with Crippen LogP contribution in [0.15, 0.2) is 46.3 Å². The van der Waals surface area contributed by atoms with Gasteiger partial charge in [0.1, 0.15) is 5.84 Å². The third-order valence-corrected chi connectivity index (χ3v) is 6.01. The number of alkyl halides is 6. The van der Waals surface area contributed by atoms with Gasteiger partial charge in [0, 0.05) is 25.2 Å². The Morgan fingerprint density at radius 2 is 1.79 bits per heavy atom. The molecule has 0 saturated carbocycles. The average Bonchev–Trinajstić information content (AvgIpc) is 3.41. The van der Waals surface area contributed by atoms with Crippen molar-refractivity contribution in [1.82, 2.24) is 10.2 Å². The van der Waals surface area contributed by atoms with Gasteiger partial charge in [0.25, 0.3) is 0 Å². The highest BCUT2D eigenvalue weighted by Gasteiger charge is 2.38. The van der Waals surface area contributed by atoms with E-state index < -0.39 is 35.4 Å². The molecule has 2 aliphatic heterocycles. The van der Waals surface area contributed by atoms with Crippen LogP contribution in [0.2, 0.25) is 0 Å². The van der Waals surface area contributed by atoms with Crippen molar-refractivity contribution in [1.29, 1.82) is 0 Å². The summed E-state index contributed by atoms with van der Waals surface area (Å²) in [7, 11) is 0. The van der Waals surface area contributed by atoms with Crippen molar-refractivity contribution in [3.8, 4) is 12.3 Å². The molecule has 0 spiro atoms. The lowest BCUT2D eigenvalue weighted by molar-refractivity contribution is -0.143. The minimum absolute atomic E-state index is 0.0463. The molecular weight excluding hydrogens is 556 g/mol. The lowest BCUT2D eigenvalue weighted by Gasteiger charge is -2.20. The van der Waals surface area contributed by atoms with Crippen molar-refractivity contribution in [3.05, 3.63) is 58.0 Å². The number of thioether (sulfide) groups is 1. The molecule has 1 fully saturated rings. The number of terminal acetylenes is 1. The van der Waals surface area contributed by atoms with E-state index in [0.717, 1.165) is 17.8 Å². The summed E-state index contributed by atoms with van der Waals surface area (Å²) in [5, 5.41) is 18.1. The highest BCUT2D eigenvalue weighted by Crippen LogP contribution is 2.38. The van der Waals surface area contributed by atoms with E-state index in [1.807, 2.05) is 6.08 Å². The molecule has 2 heterocycles. The Labute approximate surface area is 222 Å². The fraction of sp³-hybridized carbons (Fsp3) is 0.333. The highest BCUT2D eigenvalue weighted by atomic mass is 32.2. The number of aliphatic imine (C=N–C) groups is 1. The zero-order valence-corrected chi connectivity index (χ0v) is 20.7. The molecular formula is C24H21F6N3O5S. The first-order chi connectivity index (χ1) is 18.1. The van der Waals surface area contributed by atoms with E-state index in [-0.39, 0.29) is 35.9 Å². The normalized spacial score (nSPS) is 19.0. The van der Waals surface area contributed by atoms with Gasteiger partial charge in [-0.1, -0.05) is 18.1 Å². The van der Waals surface area contributed by atoms with Crippen LogP contribution in [0.25, 0.3) is 0 Å². The highest BCUT2D eigenvalue weighted by molar-refractivity contribution is 8.18. The Hall–Kier alpha value is -3.77. The second-order valence-electron chi connectivity index (χ2n) is 8.08. The van der Waals surface area contributed by atoms with Crippen LogP contribution in [-0.4, -0.2) is 57.8 Å². The minimum Gasteiger partial charge on any atom is -0.478 e. The number of likely N-dealkylation sites (tertiary alicyclic amines) is 1. The summed E-state index contributed by atoms with van der Waals surface area (Å²) in [6, 6.07) is 1.71. The maximum absolute atomic E-state index is 13.4. The number of hydrogen-bond acceptors (Lipinski definition) is 6. The Kier molecular flexibility index (Phi) is 10.8. The van der Waals surface area contributed by atoms with E-state index in [4.69, 9.17) is 16.6 Å². The second kappa shape index (κ2) is 13.3. The second-order valence-corrected chi connectivity index (χ2v) is 9.07. The number of carboxylic acids is 2. The van der Waals surface area contributed by atoms with Gasteiger partial charge in [0.05, 0.1) is 22.6 Å². The maximum Gasteiger partial charge on any atom is 0.416 e. The molecule has 0 bridgehead atoms. The van der Waals surface area contributed by atoms with Gasteiger partial charge in [-0.3, -0.25) is 9.69 Å². The van der Waals surface area contributed by atoms with Crippen LogP contribution in [0.1, 0.15) is 23.1 Å². The van der Waals surface area contributed by atoms with Crippen LogP contribution < -0.4 is 5.32 Å². The minimum atomic E-state index is -4.90. The fourth-order valence-corrected chi connectivity index (χ4v) is 4.38. The van der Waals surface area contributed by atoms with Gasteiger partial charge in [0.15, 0.2) is 0 Å². The monoisotopic (exact) mass is 577 g/mol. The Balaban J connectivity index is 0.000000580. The Morgan fingerprint density at radius 3 is 2.33 bits per heavy atom. The SMILES string of the molecule is C#CCNC1=NC(=O)S/C1=C\C1CCN(Cc2ccc(C(F)(F)F)cc2C(F)(F)F)C1.O=C(O)/C=C\C(=O)O. The summed E-state index contributed by atoms with van der Waals surface area (Å²) in [5.41, 5.74) is -2.83.